The molecule has 1 saturated heterocycles. The van der Waals surface area contributed by atoms with Crippen LogP contribution in [-0.4, -0.2) is 41.3 Å². The van der Waals surface area contributed by atoms with Crippen molar-refractivity contribution in [3.8, 4) is 17.0 Å². The molecule has 0 unspecified atom stereocenters. The van der Waals surface area contributed by atoms with Crippen molar-refractivity contribution in [2.75, 3.05) is 18.0 Å². The molecule has 2 aromatic rings. The summed E-state index contributed by atoms with van der Waals surface area (Å²) in [5.74, 6) is -0.413. The first-order valence-corrected chi connectivity index (χ1v) is 9.08. The van der Waals surface area contributed by atoms with Crippen molar-refractivity contribution in [2.24, 2.45) is 0 Å². The zero-order valence-electron chi connectivity index (χ0n) is 15.5. The molecule has 0 bridgehead atoms. The van der Waals surface area contributed by atoms with Crippen LogP contribution in [0.2, 0.25) is 0 Å². The van der Waals surface area contributed by atoms with Crippen LogP contribution in [0.5, 0.6) is 5.75 Å². The normalized spacial score (nSPS) is 15.5. The average molecular weight is 393 g/mol. The van der Waals surface area contributed by atoms with Crippen LogP contribution in [0, 0.1) is 0 Å². The van der Waals surface area contributed by atoms with E-state index >= 15 is 0 Å². The van der Waals surface area contributed by atoms with E-state index in [0.29, 0.717) is 11.3 Å². The average Bonchev–Trinajstić information content (AvgIpc) is 2.63. The van der Waals surface area contributed by atoms with Crippen LogP contribution in [0.4, 0.5) is 18.9 Å². The second-order valence-electron chi connectivity index (χ2n) is 7.00. The first kappa shape index (κ1) is 20.0. The van der Waals surface area contributed by atoms with Crippen LogP contribution in [0.15, 0.2) is 36.5 Å². The van der Waals surface area contributed by atoms with Gasteiger partial charge in [0.25, 0.3) is 0 Å². The molecule has 8 heteroatoms. The number of carbonyl (C=O) groups excluding carboxylic acids is 1. The minimum absolute atomic E-state index is 0.0355. The molecule has 3 rings (SSSR count). The van der Waals surface area contributed by atoms with Gasteiger partial charge in [0.15, 0.2) is 0 Å². The van der Waals surface area contributed by atoms with Crippen LogP contribution in [-0.2, 0) is 11.2 Å². The Labute approximate surface area is 161 Å². The fourth-order valence-corrected chi connectivity index (χ4v) is 3.45. The van der Waals surface area contributed by atoms with Gasteiger partial charge in [0.05, 0.1) is 12.1 Å². The number of rotatable bonds is 4. The zero-order chi connectivity index (χ0) is 20.3. The highest BCUT2D eigenvalue weighted by atomic mass is 19.4. The summed E-state index contributed by atoms with van der Waals surface area (Å²) in [6.07, 6.45) is -2.31. The molecule has 1 aliphatic rings. The molecule has 0 spiro atoms. The number of pyridine rings is 1. The first-order valence-electron chi connectivity index (χ1n) is 9.08. The minimum Gasteiger partial charge on any atom is -0.508 e. The Morgan fingerprint density at radius 2 is 1.96 bits per heavy atom. The standard InChI is InChI=1S/C20H22F3N3O2/c1-13(27)25-16-5-8-26(9-6-16)17-4-7-24-18(11-17)14-2-3-19(28)15(10-14)12-20(21,22)23/h2-4,7,10-11,16,28H,5-6,8-9,12H2,1H3,(H,25,27). The lowest BCUT2D eigenvalue weighted by Crippen LogP contribution is -2.44. The Morgan fingerprint density at radius 1 is 1.25 bits per heavy atom. The van der Waals surface area contributed by atoms with Crippen LogP contribution >= 0.6 is 0 Å². The number of phenols is 1. The summed E-state index contributed by atoms with van der Waals surface area (Å²) in [5, 5.41) is 12.7. The predicted molar refractivity (Wildman–Crippen MR) is 100 cm³/mol. The van der Waals surface area contributed by atoms with E-state index in [-0.39, 0.29) is 23.3 Å². The van der Waals surface area contributed by atoms with Gasteiger partial charge >= 0.3 is 6.18 Å². The van der Waals surface area contributed by atoms with Gasteiger partial charge in [0, 0.05) is 49.1 Å². The summed E-state index contributed by atoms with van der Waals surface area (Å²) in [6.45, 7) is 3.04. The van der Waals surface area contributed by atoms with Crippen molar-refractivity contribution in [3.05, 3.63) is 42.1 Å². The number of carbonyl (C=O) groups is 1. The number of anilines is 1. The third kappa shape index (κ3) is 5.15. The number of amides is 1. The molecule has 2 N–H and O–H groups in total. The van der Waals surface area contributed by atoms with Crippen molar-refractivity contribution in [3.63, 3.8) is 0 Å². The first-order chi connectivity index (χ1) is 13.2. The van der Waals surface area contributed by atoms with Gasteiger partial charge in [-0.1, -0.05) is 0 Å². The molecule has 2 heterocycles. The van der Waals surface area contributed by atoms with E-state index in [9.17, 15) is 23.1 Å². The van der Waals surface area contributed by atoms with Gasteiger partial charge in [-0.25, -0.2) is 0 Å². The van der Waals surface area contributed by atoms with Gasteiger partial charge in [-0.05, 0) is 43.2 Å². The number of nitrogens with zero attached hydrogens (tertiary/aromatic N) is 2. The molecule has 1 aromatic heterocycles. The number of phenolic OH excluding ortho intramolecular Hbond substituents is 1. The summed E-state index contributed by atoms with van der Waals surface area (Å²) < 4.78 is 38.1. The third-order valence-corrected chi connectivity index (χ3v) is 4.78. The molecular weight excluding hydrogens is 371 g/mol. The molecule has 0 aliphatic carbocycles. The molecule has 1 aliphatic heterocycles. The van der Waals surface area contributed by atoms with Gasteiger partial charge in [0.1, 0.15) is 5.75 Å². The smallest absolute Gasteiger partial charge is 0.393 e. The SMILES string of the molecule is CC(=O)NC1CCN(c2ccnc(-c3ccc(O)c(CC(F)(F)F)c3)c2)CC1. The number of hydrogen-bond donors (Lipinski definition) is 2. The molecule has 5 nitrogen and oxygen atoms in total. The summed E-state index contributed by atoms with van der Waals surface area (Å²) in [4.78, 5) is 17.6. The molecule has 1 fully saturated rings. The second-order valence-corrected chi connectivity index (χ2v) is 7.00. The topological polar surface area (TPSA) is 65.5 Å². The van der Waals surface area contributed by atoms with Crippen molar-refractivity contribution >= 4 is 11.6 Å². The van der Waals surface area contributed by atoms with E-state index < -0.39 is 12.6 Å². The minimum atomic E-state index is -4.40. The Balaban J connectivity index is 1.77. The second kappa shape index (κ2) is 8.08. The molecule has 28 heavy (non-hydrogen) atoms. The fraction of sp³-hybridized carbons (Fsp3) is 0.400. The quantitative estimate of drug-likeness (QED) is 0.832. The summed E-state index contributed by atoms with van der Waals surface area (Å²) >= 11 is 0. The molecular formula is C20H22F3N3O2. The number of alkyl halides is 3. The number of hydrogen-bond acceptors (Lipinski definition) is 4. The highest BCUT2D eigenvalue weighted by Gasteiger charge is 2.29. The number of benzene rings is 1. The van der Waals surface area contributed by atoms with Gasteiger partial charge < -0.3 is 15.3 Å². The number of nitrogens with one attached hydrogen (secondary N) is 1. The maximum atomic E-state index is 12.7. The number of piperidine rings is 1. The van der Waals surface area contributed by atoms with Crippen molar-refractivity contribution in [2.45, 2.75) is 38.4 Å². The van der Waals surface area contributed by atoms with E-state index in [4.69, 9.17) is 0 Å². The highest BCUT2D eigenvalue weighted by molar-refractivity contribution is 5.73. The number of halogens is 3. The molecule has 1 aromatic carbocycles. The summed E-state index contributed by atoms with van der Waals surface area (Å²) in [6, 6.07) is 8.02. The van der Waals surface area contributed by atoms with E-state index in [2.05, 4.69) is 15.2 Å². The molecule has 1 amide bonds. The largest absolute Gasteiger partial charge is 0.508 e. The lowest BCUT2D eigenvalue weighted by atomic mass is 10.0. The monoisotopic (exact) mass is 393 g/mol. The zero-order valence-corrected chi connectivity index (χ0v) is 15.5. The van der Waals surface area contributed by atoms with Gasteiger partial charge in [-0.2, -0.15) is 13.2 Å². The molecule has 0 atom stereocenters. The van der Waals surface area contributed by atoms with Crippen LogP contribution < -0.4 is 10.2 Å². The van der Waals surface area contributed by atoms with E-state index in [1.165, 1.54) is 19.1 Å². The Hall–Kier alpha value is -2.77. The lowest BCUT2D eigenvalue weighted by Gasteiger charge is -2.33. The van der Waals surface area contributed by atoms with Crippen LogP contribution in [0.25, 0.3) is 11.3 Å². The van der Waals surface area contributed by atoms with E-state index in [0.717, 1.165) is 31.6 Å². The van der Waals surface area contributed by atoms with Crippen molar-refractivity contribution in [1.82, 2.24) is 10.3 Å². The molecule has 150 valence electrons. The maximum absolute atomic E-state index is 12.7. The van der Waals surface area contributed by atoms with Gasteiger partial charge in [0.2, 0.25) is 5.91 Å². The van der Waals surface area contributed by atoms with Crippen LogP contribution in [0.3, 0.4) is 0 Å². The molecule has 0 radical (unpaired) electrons. The Kier molecular flexibility index (Phi) is 5.76. The number of aromatic hydroxyl groups is 1. The highest BCUT2D eigenvalue weighted by Crippen LogP contribution is 2.31. The van der Waals surface area contributed by atoms with Gasteiger partial charge in [-0.15, -0.1) is 0 Å². The third-order valence-electron chi connectivity index (χ3n) is 4.78. The Morgan fingerprint density at radius 3 is 2.61 bits per heavy atom. The lowest BCUT2D eigenvalue weighted by molar-refractivity contribution is -0.127. The Bertz CT molecular complexity index is 847. The van der Waals surface area contributed by atoms with Crippen molar-refractivity contribution in [1.29, 1.82) is 0 Å². The van der Waals surface area contributed by atoms with Gasteiger partial charge in [-0.3, -0.25) is 9.78 Å². The summed E-state index contributed by atoms with van der Waals surface area (Å²) in [7, 11) is 0. The fourth-order valence-electron chi connectivity index (χ4n) is 3.45. The summed E-state index contributed by atoms with van der Waals surface area (Å²) in [5.41, 5.74) is 1.82. The van der Waals surface area contributed by atoms with Crippen LogP contribution in [0.1, 0.15) is 25.3 Å². The van der Waals surface area contributed by atoms with Crippen molar-refractivity contribution < 1.29 is 23.1 Å². The predicted octanol–water partition coefficient (Wildman–Crippen LogP) is 3.66. The maximum Gasteiger partial charge on any atom is 0.393 e. The van der Waals surface area contributed by atoms with E-state index in [1.807, 2.05) is 12.1 Å². The molecule has 0 saturated carbocycles. The van der Waals surface area contributed by atoms with E-state index in [1.54, 1.807) is 12.3 Å². The number of aromatic nitrogens is 1.